The molecule has 2 aromatic rings. The molecule has 0 spiro atoms. The smallest absolute Gasteiger partial charge is 0.236 e. The molecular weight excluding hydrogens is 244 g/mol. The number of rotatable bonds is 3. The SMILES string of the molecule is CCOc1ccc(C(=O)C#Cc2cccs2)cc1. The lowest BCUT2D eigenvalue weighted by molar-refractivity contribution is 0.105. The number of hydrogen-bond donors (Lipinski definition) is 0. The average Bonchev–Trinajstić information content (AvgIpc) is 2.90. The number of carbonyl (C=O) groups is 1. The van der Waals surface area contributed by atoms with Crippen molar-refractivity contribution in [3.05, 3.63) is 52.2 Å². The van der Waals surface area contributed by atoms with E-state index in [1.54, 1.807) is 24.3 Å². The predicted molar refractivity (Wildman–Crippen MR) is 73.1 cm³/mol. The second-order valence-corrected chi connectivity index (χ2v) is 4.46. The van der Waals surface area contributed by atoms with E-state index >= 15 is 0 Å². The molecule has 90 valence electrons. The fourth-order valence-electron chi connectivity index (χ4n) is 1.41. The second kappa shape index (κ2) is 6.04. The van der Waals surface area contributed by atoms with Crippen molar-refractivity contribution in [1.29, 1.82) is 0 Å². The number of ether oxygens (including phenoxy) is 1. The van der Waals surface area contributed by atoms with E-state index in [9.17, 15) is 4.79 Å². The number of benzene rings is 1. The first kappa shape index (κ1) is 12.4. The van der Waals surface area contributed by atoms with Crippen LogP contribution in [0.1, 0.15) is 22.2 Å². The molecule has 1 aromatic heterocycles. The van der Waals surface area contributed by atoms with E-state index in [4.69, 9.17) is 4.74 Å². The minimum absolute atomic E-state index is 0.175. The minimum Gasteiger partial charge on any atom is -0.494 e. The van der Waals surface area contributed by atoms with Crippen molar-refractivity contribution in [2.45, 2.75) is 6.92 Å². The van der Waals surface area contributed by atoms with E-state index in [0.29, 0.717) is 12.2 Å². The van der Waals surface area contributed by atoms with Crippen LogP contribution < -0.4 is 4.74 Å². The summed E-state index contributed by atoms with van der Waals surface area (Å²) < 4.78 is 5.31. The zero-order valence-electron chi connectivity index (χ0n) is 9.97. The van der Waals surface area contributed by atoms with Gasteiger partial charge in [0.1, 0.15) is 5.75 Å². The average molecular weight is 256 g/mol. The van der Waals surface area contributed by atoms with Crippen LogP contribution in [-0.4, -0.2) is 12.4 Å². The Labute approximate surface area is 110 Å². The third kappa shape index (κ3) is 3.22. The molecule has 2 nitrogen and oxygen atoms in total. The Morgan fingerprint density at radius 2 is 2.06 bits per heavy atom. The van der Waals surface area contributed by atoms with Gasteiger partial charge in [-0.2, -0.15) is 0 Å². The van der Waals surface area contributed by atoms with Gasteiger partial charge in [0.25, 0.3) is 0 Å². The Bertz CT molecular complexity index is 571. The van der Waals surface area contributed by atoms with Gasteiger partial charge in [0, 0.05) is 5.56 Å². The van der Waals surface area contributed by atoms with Gasteiger partial charge < -0.3 is 4.74 Å². The third-order valence-electron chi connectivity index (χ3n) is 2.25. The van der Waals surface area contributed by atoms with Crippen LogP contribution in [0.15, 0.2) is 41.8 Å². The Kier molecular flexibility index (Phi) is 4.16. The molecule has 0 aliphatic heterocycles. The molecule has 0 atom stereocenters. The maximum Gasteiger partial charge on any atom is 0.236 e. The van der Waals surface area contributed by atoms with Gasteiger partial charge in [-0.15, -0.1) is 11.3 Å². The number of Topliss-reactive ketones (excluding diaryl/α,β-unsaturated/α-hetero) is 1. The quantitative estimate of drug-likeness (QED) is 0.621. The summed E-state index contributed by atoms with van der Waals surface area (Å²) in [6.45, 7) is 2.54. The maximum atomic E-state index is 11.8. The predicted octanol–water partition coefficient (Wildman–Crippen LogP) is 3.38. The maximum absolute atomic E-state index is 11.8. The molecule has 18 heavy (non-hydrogen) atoms. The molecule has 0 saturated heterocycles. The number of thiophene rings is 1. The summed E-state index contributed by atoms with van der Waals surface area (Å²) in [4.78, 5) is 12.7. The van der Waals surface area contributed by atoms with E-state index in [2.05, 4.69) is 11.8 Å². The molecule has 1 aromatic carbocycles. The summed E-state index contributed by atoms with van der Waals surface area (Å²) in [5, 5.41) is 1.94. The van der Waals surface area contributed by atoms with Crippen LogP contribution in [0.4, 0.5) is 0 Å². The third-order valence-corrected chi connectivity index (χ3v) is 3.03. The van der Waals surface area contributed by atoms with E-state index in [1.807, 2.05) is 24.4 Å². The first-order valence-corrected chi connectivity index (χ1v) is 6.50. The topological polar surface area (TPSA) is 26.3 Å². The minimum atomic E-state index is -0.175. The molecule has 0 radical (unpaired) electrons. The molecule has 3 heteroatoms. The first-order chi connectivity index (χ1) is 8.79. The van der Waals surface area contributed by atoms with Gasteiger partial charge in [0.05, 0.1) is 11.5 Å². The van der Waals surface area contributed by atoms with Gasteiger partial charge in [-0.05, 0) is 54.5 Å². The molecule has 0 aliphatic rings. The monoisotopic (exact) mass is 256 g/mol. The van der Waals surface area contributed by atoms with Gasteiger partial charge in [-0.3, -0.25) is 4.79 Å². The van der Waals surface area contributed by atoms with Gasteiger partial charge in [-0.1, -0.05) is 6.07 Å². The highest BCUT2D eigenvalue weighted by molar-refractivity contribution is 7.10. The van der Waals surface area contributed by atoms with Crippen molar-refractivity contribution in [2.75, 3.05) is 6.61 Å². The zero-order chi connectivity index (χ0) is 12.8. The van der Waals surface area contributed by atoms with Crippen molar-refractivity contribution in [3.8, 4) is 17.6 Å². The lowest BCUT2D eigenvalue weighted by Crippen LogP contribution is -1.96. The van der Waals surface area contributed by atoms with Crippen LogP contribution in [0.5, 0.6) is 5.75 Å². The number of ketones is 1. The van der Waals surface area contributed by atoms with Gasteiger partial charge in [0.2, 0.25) is 5.78 Å². The Morgan fingerprint density at radius 3 is 2.67 bits per heavy atom. The van der Waals surface area contributed by atoms with Crippen molar-refractivity contribution < 1.29 is 9.53 Å². The highest BCUT2D eigenvalue weighted by atomic mass is 32.1. The molecule has 0 fully saturated rings. The summed E-state index contributed by atoms with van der Waals surface area (Å²) in [6, 6.07) is 10.8. The fraction of sp³-hybridized carbons (Fsp3) is 0.133. The molecule has 0 saturated carbocycles. The molecule has 0 amide bonds. The fourth-order valence-corrected chi connectivity index (χ4v) is 1.98. The largest absolute Gasteiger partial charge is 0.494 e. The van der Waals surface area contributed by atoms with Crippen molar-refractivity contribution >= 4 is 17.1 Å². The first-order valence-electron chi connectivity index (χ1n) is 5.62. The van der Waals surface area contributed by atoms with Crippen molar-refractivity contribution in [3.63, 3.8) is 0 Å². The van der Waals surface area contributed by atoms with Crippen molar-refractivity contribution in [2.24, 2.45) is 0 Å². The van der Waals surface area contributed by atoms with E-state index < -0.39 is 0 Å². The summed E-state index contributed by atoms with van der Waals surface area (Å²) in [7, 11) is 0. The van der Waals surface area contributed by atoms with Gasteiger partial charge >= 0.3 is 0 Å². The Hall–Kier alpha value is -2.05. The molecule has 2 rings (SSSR count). The number of carbonyl (C=O) groups excluding carboxylic acids is 1. The van der Waals surface area contributed by atoms with E-state index in [1.165, 1.54) is 11.3 Å². The lowest BCUT2D eigenvalue weighted by atomic mass is 10.1. The molecule has 0 bridgehead atoms. The highest BCUT2D eigenvalue weighted by Crippen LogP contribution is 2.12. The van der Waals surface area contributed by atoms with Crippen LogP contribution in [0.3, 0.4) is 0 Å². The van der Waals surface area contributed by atoms with E-state index in [0.717, 1.165) is 10.6 Å². The Morgan fingerprint density at radius 1 is 1.28 bits per heavy atom. The van der Waals surface area contributed by atoms with Crippen LogP contribution in [0, 0.1) is 11.8 Å². The van der Waals surface area contributed by atoms with Crippen LogP contribution >= 0.6 is 11.3 Å². The summed E-state index contributed by atoms with van der Waals surface area (Å²) in [5.41, 5.74) is 0.586. The molecule has 0 aliphatic carbocycles. The summed E-state index contributed by atoms with van der Waals surface area (Å²) >= 11 is 1.52. The van der Waals surface area contributed by atoms with Crippen LogP contribution in [0.2, 0.25) is 0 Å². The van der Waals surface area contributed by atoms with Gasteiger partial charge in [-0.25, -0.2) is 0 Å². The van der Waals surface area contributed by atoms with Crippen molar-refractivity contribution in [1.82, 2.24) is 0 Å². The highest BCUT2D eigenvalue weighted by Gasteiger charge is 2.02. The zero-order valence-corrected chi connectivity index (χ0v) is 10.8. The lowest BCUT2D eigenvalue weighted by Gasteiger charge is -2.02. The standard InChI is InChI=1S/C15H12O2S/c1-2-17-13-7-5-12(6-8-13)15(16)10-9-14-4-3-11-18-14/h3-8,11H,2H2,1H3. The Balaban J connectivity index is 2.09. The summed E-state index contributed by atoms with van der Waals surface area (Å²) in [5.74, 6) is 6.07. The van der Waals surface area contributed by atoms with E-state index in [-0.39, 0.29) is 5.78 Å². The second-order valence-electron chi connectivity index (χ2n) is 3.51. The number of hydrogen-bond acceptors (Lipinski definition) is 3. The van der Waals surface area contributed by atoms with Crippen LogP contribution in [-0.2, 0) is 0 Å². The molecule has 0 unspecified atom stereocenters. The molecular formula is C15H12O2S. The molecule has 0 N–H and O–H groups in total. The molecule has 1 heterocycles. The van der Waals surface area contributed by atoms with Gasteiger partial charge in [0.15, 0.2) is 0 Å². The van der Waals surface area contributed by atoms with Crippen LogP contribution in [0.25, 0.3) is 0 Å². The normalized spacial score (nSPS) is 9.39. The summed E-state index contributed by atoms with van der Waals surface area (Å²) in [6.07, 6.45) is 0.